The Bertz CT molecular complexity index is 881. The van der Waals surface area contributed by atoms with Crippen molar-refractivity contribution in [2.75, 3.05) is 36.2 Å². The van der Waals surface area contributed by atoms with Crippen molar-refractivity contribution < 1.29 is 4.74 Å². The molecule has 2 atom stereocenters. The summed E-state index contributed by atoms with van der Waals surface area (Å²) in [6.07, 6.45) is 12.5. The number of ether oxygens (including phenoxy) is 1. The van der Waals surface area contributed by atoms with Crippen molar-refractivity contribution in [2.45, 2.75) is 64.8 Å². The summed E-state index contributed by atoms with van der Waals surface area (Å²) in [5.74, 6) is 3.46. The van der Waals surface area contributed by atoms with Crippen molar-refractivity contribution in [2.24, 2.45) is 11.8 Å². The molecule has 0 bridgehead atoms. The number of allylic oxidation sites excluding steroid dienone is 1. The van der Waals surface area contributed by atoms with Gasteiger partial charge in [-0.15, -0.1) is 6.58 Å². The average Bonchev–Trinajstić information content (AvgIpc) is 2.83. The van der Waals surface area contributed by atoms with Gasteiger partial charge in [0.25, 0.3) is 0 Å². The lowest BCUT2D eigenvalue weighted by molar-refractivity contribution is 0.414. The molecule has 1 aromatic heterocycles. The summed E-state index contributed by atoms with van der Waals surface area (Å²) >= 11 is 0. The highest BCUT2D eigenvalue weighted by Gasteiger charge is 2.16. The maximum Gasteiger partial charge on any atom is 0.224 e. The van der Waals surface area contributed by atoms with Crippen molar-refractivity contribution in [3.63, 3.8) is 0 Å². The molecular formula is C27H41N5O. The number of nitrogens with zero attached hydrogens (tertiary/aromatic N) is 3. The fourth-order valence-electron chi connectivity index (χ4n) is 4.45. The number of anilines is 4. The zero-order valence-electron chi connectivity index (χ0n) is 20.8. The van der Waals surface area contributed by atoms with Crippen molar-refractivity contribution in [1.82, 2.24) is 9.97 Å². The van der Waals surface area contributed by atoms with Crippen LogP contribution in [0.2, 0.25) is 0 Å². The Balaban J connectivity index is 1.71. The van der Waals surface area contributed by atoms with Crippen LogP contribution in [0.15, 0.2) is 43.1 Å². The molecule has 0 aliphatic heterocycles. The topological polar surface area (TPSA) is 62.3 Å². The van der Waals surface area contributed by atoms with E-state index in [0.29, 0.717) is 23.8 Å². The minimum Gasteiger partial charge on any atom is -0.497 e. The summed E-state index contributed by atoms with van der Waals surface area (Å²) < 4.78 is 5.51. The lowest BCUT2D eigenvalue weighted by atomic mass is 9.96. The maximum absolute atomic E-state index is 5.51. The molecule has 3 rings (SSSR count). The molecule has 1 fully saturated rings. The number of nitrogens with one attached hydrogen (secondary N) is 2. The molecule has 33 heavy (non-hydrogen) atoms. The first kappa shape index (κ1) is 24.9. The van der Waals surface area contributed by atoms with Gasteiger partial charge in [0.05, 0.1) is 18.5 Å². The van der Waals surface area contributed by atoms with Crippen LogP contribution in [-0.4, -0.2) is 36.7 Å². The largest absolute Gasteiger partial charge is 0.497 e. The van der Waals surface area contributed by atoms with Crippen LogP contribution in [0.3, 0.4) is 0 Å². The lowest BCUT2D eigenvalue weighted by Crippen LogP contribution is -2.25. The van der Waals surface area contributed by atoms with Crippen LogP contribution in [0.25, 0.3) is 0 Å². The van der Waals surface area contributed by atoms with Crippen LogP contribution in [0.5, 0.6) is 5.75 Å². The van der Waals surface area contributed by atoms with E-state index in [1.807, 2.05) is 24.4 Å². The third kappa shape index (κ3) is 7.65. The predicted molar refractivity (Wildman–Crippen MR) is 140 cm³/mol. The number of aromatic nitrogens is 2. The second-order valence-corrected chi connectivity index (χ2v) is 9.53. The molecule has 180 valence electrons. The van der Waals surface area contributed by atoms with E-state index in [2.05, 4.69) is 60.1 Å². The molecule has 6 nitrogen and oxygen atoms in total. The Morgan fingerprint density at radius 1 is 1.18 bits per heavy atom. The summed E-state index contributed by atoms with van der Waals surface area (Å²) in [5.41, 5.74) is 2.10. The van der Waals surface area contributed by atoms with Crippen molar-refractivity contribution in [1.29, 1.82) is 0 Å². The summed E-state index contributed by atoms with van der Waals surface area (Å²) in [6, 6.07) is 8.52. The van der Waals surface area contributed by atoms with Gasteiger partial charge in [-0.2, -0.15) is 4.98 Å². The average molecular weight is 452 g/mol. The van der Waals surface area contributed by atoms with Gasteiger partial charge in [0.1, 0.15) is 11.6 Å². The van der Waals surface area contributed by atoms with Gasteiger partial charge < -0.3 is 20.3 Å². The Morgan fingerprint density at radius 2 is 1.97 bits per heavy atom. The van der Waals surface area contributed by atoms with Gasteiger partial charge in [-0.05, 0) is 55.7 Å². The molecule has 0 saturated heterocycles. The fraction of sp³-hybridized carbons (Fsp3) is 0.556. The molecule has 2 N–H and O–H groups in total. The number of rotatable bonds is 12. The molecule has 0 amide bonds. The molecule has 0 radical (unpaired) electrons. The van der Waals surface area contributed by atoms with E-state index in [4.69, 9.17) is 9.72 Å². The Labute approximate surface area is 199 Å². The predicted octanol–water partition coefficient (Wildman–Crippen LogP) is 6.65. The third-order valence-electron chi connectivity index (χ3n) is 6.58. The van der Waals surface area contributed by atoms with Gasteiger partial charge in [-0.3, -0.25) is 0 Å². The van der Waals surface area contributed by atoms with Gasteiger partial charge >= 0.3 is 0 Å². The van der Waals surface area contributed by atoms with Crippen molar-refractivity contribution in [3.05, 3.63) is 43.1 Å². The lowest BCUT2D eigenvalue weighted by Gasteiger charge is -2.27. The highest BCUT2D eigenvalue weighted by atomic mass is 16.5. The van der Waals surface area contributed by atoms with E-state index in [9.17, 15) is 0 Å². The van der Waals surface area contributed by atoms with Gasteiger partial charge in [-0.1, -0.05) is 39.2 Å². The van der Waals surface area contributed by atoms with E-state index in [1.165, 1.54) is 44.9 Å². The summed E-state index contributed by atoms with van der Waals surface area (Å²) in [6.45, 7) is 9.41. The minimum absolute atomic E-state index is 0.474. The fourth-order valence-corrected chi connectivity index (χ4v) is 4.45. The van der Waals surface area contributed by atoms with E-state index in [-0.39, 0.29) is 0 Å². The number of methoxy groups -OCH3 is 1. The molecule has 1 heterocycles. The van der Waals surface area contributed by atoms with Crippen LogP contribution >= 0.6 is 0 Å². The number of hydrogen-bond acceptors (Lipinski definition) is 6. The van der Waals surface area contributed by atoms with Crippen LogP contribution in [0.4, 0.5) is 23.1 Å². The molecular weight excluding hydrogens is 410 g/mol. The first-order chi connectivity index (χ1) is 16.0. The standard InChI is InChI=1S/C27H41N5O/c1-6-20(2)12-13-21(3)19-32(4)25-18-23(33-5)14-15-24(25)30-26-16-17-28-27(31-26)29-22-10-8-7-9-11-22/h6,14-18,20-22H,1,7-13,19H2,2-5H3,(H2,28,29,30,31). The molecule has 2 unspecified atom stereocenters. The van der Waals surface area contributed by atoms with E-state index in [1.54, 1.807) is 7.11 Å². The Morgan fingerprint density at radius 3 is 2.70 bits per heavy atom. The molecule has 1 aliphatic carbocycles. The van der Waals surface area contributed by atoms with Gasteiger partial charge in [0.15, 0.2) is 0 Å². The quantitative estimate of drug-likeness (QED) is 0.352. The van der Waals surface area contributed by atoms with Crippen molar-refractivity contribution in [3.8, 4) is 5.75 Å². The first-order valence-electron chi connectivity index (χ1n) is 12.4. The number of hydrogen-bond donors (Lipinski definition) is 2. The zero-order valence-corrected chi connectivity index (χ0v) is 20.8. The minimum atomic E-state index is 0.474. The highest BCUT2D eigenvalue weighted by Crippen LogP contribution is 2.33. The molecule has 6 heteroatoms. The summed E-state index contributed by atoms with van der Waals surface area (Å²) in [7, 11) is 3.85. The Kier molecular flexibility index (Phi) is 9.40. The normalized spacial score (nSPS) is 16.0. The molecule has 2 aromatic rings. The highest BCUT2D eigenvalue weighted by molar-refractivity contribution is 5.75. The molecule has 0 spiro atoms. The smallest absolute Gasteiger partial charge is 0.224 e. The molecule has 1 saturated carbocycles. The third-order valence-corrected chi connectivity index (χ3v) is 6.58. The van der Waals surface area contributed by atoms with Crippen LogP contribution < -0.4 is 20.3 Å². The summed E-state index contributed by atoms with van der Waals surface area (Å²) in [5, 5.41) is 7.03. The monoisotopic (exact) mass is 451 g/mol. The van der Waals surface area contributed by atoms with Crippen LogP contribution in [0.1, 0.15) is 58.8 Å². The zero-order chi connectivity index (χ0) is 23.6. The second-order valence-electron chi connectivity index (χ2n) is 9.53. The molecule has 1 aromatic carbocycles. The summed E-state index contributed by atoms with van der Waals surface area (Å²) in [4.78, 5) is 11.5. The van der Waals surface area contributed by atoms with Crippen LogP contribution in [0, 0.1) is 11.8 Å². The SMILES string of the molecule is C=CC(C)CCC(C)CN(C)c1cc(OC)ccc1Nc1ccnc(NC2CCCCC2)n1. The Hall–Kier alpha value is -2.76. The number of benzene rings is 1. The van der Waals surface area contributed by atoms with Gasteiger partial charge in [0, 0.05) is 31.9 Å². The van der Waals surface area contributed by atoms with E-state index < -0.39 is 0 Å². The first-order valence-corrected chi connectivity index (χ1v) is 12.4. The van der Waals surface area contributed by atoms with E-state index >= 15 is 0 Å². The van der Waals surface area contributed by atoms with E-state index in [0.717, 1.165) is 29.5 Å². The van der Waals surface area contributed by atoms with Gasteiger partial charge in [0.2, 0.25) is 5.95 Å². The maximum atomic E-state index is 5.51. The van der Waals surface area contributed by atoms with Crippen LogP contribution in [-0.2, 0) is 0 Å². The second kappa shape index (κ2) is 12.5. The van der Waals surface area contributed by atoms with Gasteiger partial charge in [-0.25, -0.2) is 4.98 Å². The van der Waals surface area contributed by atoms with Crippen molar-refractivity contribution >= 4 is 23.1 Å². The molecule has 1 aliphatic rings.